The van der Waals surface area contributed by atoms with Crippen molar-refractivity contribution in [3.8, 4) is 5.75 Å². The summed E-state index contributed by atoms with van der Waals surface area (Å²) in [5.74, 6) is -1.45. The summed E-state index contributed by atoms with van der Waals surface area (Å²) in [6, 6.07) is 12.9. The molecule has 2 aromatic heterocycles. The molecule has 0 saturated carbocycles. The number of hydrogen-bond acceptors (Lipinski definition) is 4. The molecular weight excluding hydrogens is 479 g/mol. The first-order valence-electron chi connectivity index (χ1n) is 12.4. The highest BCUT2D eigenvalue weighted by Gasteiger charge is 2.37. The van der Waals surface area contributed by atoms with Crippen LogP contribution in [0.3, 0.4) is 0 Å². The number of H-pyrrole nitrogens is 1. The molecular formula is C29H30F3N3O2. The maximum absolute atomic E-state index is 15.6. The molecule has 4 aromatic rings. The molecule has 0 fully saturated rings. The molecule has 0 aliphatic carbocycles. The van der Waals surface area contributed by atoms with E-state index in [-0.39, 0.29) is 31.1 Å². The molecule has 1 aliphatic rings. The monoisotopic (exact) mass is 509 g/mol. The van der Waals surface area contributed by atoms with Gasteiger partial charge in [0.05, 0.1) is 11.7 Å². The number of hydrogen-bond donors (Lipinski definition) is 2. The molecule has 0 amide bonds. The van der Waals surface area contributed by atoms with Crippen LogP contribution in [-0.2, 0) is 19.4 Å². The van der Waals surface area contributed by atoms with Crippen LogP contribution in [0.25, 0.3) is 10.9 Å². The van der Waals surface area contributed by atoms with Crippen molar-refractivity contribution in [2.75, 3.05) is 19.7 Å². The van der Waals surface area contributed by atoms with Crippen LogP contribution in [0.1, 0.15) is 48.0 Å². The van der Waals surface area contributed by atoms with E-state index >= 15 is 8.78 Å². The first-order valence-corrected chi connectivity index (χ1v) is 12.4. The second kappa shape index (κ2) is 10.2. The van der Waals surface area contributed by atoms with E-state index in [1.54, 1.807) is 17.2 Å². The zero-order chi connectivity index (χ0) is 26.2. The molecule has 8 heteroatoms. The summed E-state index contributed by atoms with van der Waals surface area (Å²) in [6.07, 6.45) is 2.80. The smallest absolute Gasteiger partial charge is 0.135 e. The summed E-state index contributed by atoms with van der Waals surface area (Å²) in [6.45, 7) is 3.51. The van der Waals surface area contributed by atoms with Crippen molar-refractivity contribution in [2.45, 2.75) is 45.0 Å². The number of aromatic amines is 1. The molecule has 1 atom stereocenters. The summed E-state index contributed by atoms with van der Waals surface area (Å²) < 4.78 is 51.6. The van der Waals surface area contributed by atoms with Gasteiger partial charge in [-0.05, 0) is 49.9 Å². The van der Waals surface area contributed by atoms with Crippen LogP contribution in [0.5, 0.6) is 5.75 Å². The Morgan fingerprint density at radius 3 is 2.57 bits per heavy atom. The minimum Gasteiger partial charge on any atom is -0.487 e. The summed E-state index contributed by atoms with van der Waals surface area (Å²) in [4.78, 5) is 9.43. The largest absolute Gasteiger partial charge is 0.487 e. The summed E-state index contributed by atoms with van der Waals surface area (Å²) in [5.41, 5.74) is 2.39. The van der Waals surface area contributed by atoms with Gasteiger partial charge in [0.1, 0.15) is 29.7 Å². The predicted molar refractivity (Wildman–Crippen MR) is 136 cm³/mol. The molecule has 0 spiro atoms. The number of benzene rings is 2. The van der Waals surface area contributed by atoms with Gasteiger partial charge in [0.15, 0.2) is 0 Å². The summed E-state index contributed by atoms with van der Waals surface area (Å²) in [7, 11) is 0. The van der Waals surface area contributed by atoms with Crippen molar-refractivity contribution < 1.29 is 23.0 Å². The molecule has 37 heavy (non-hydrogen) atoms. The van der Waals surface area contributed by atoms with Gasteiger partial charge >= 0.3 is 0 Å². The van der Waals surface area contributed by atoms with Gasteiger partial charge in [-0.1, -0.05) is 24.3 Å². The molecule has 0 bridgehead atoms. The standard InChI is InChI=1S/C29H30F3N3O2/c1-29(2,32)17-35-11-9-22-21-5-3-4-6-25(21)34-27(22)28(35)26-23(30)13-20(14-24(26)31)37-16-19-8-7-18(10-12-36)15-33-19/h3-8,13-15,28,34,36H,9-12,16-17H2,1-2H3. The Kier molecular flexibility index (Phi) is 6.96. The van der Waals surface area contributed by atoms with Crippen molar-refractivity contribution in [3.63, 3.8) is 0 Å². The van der Waals surface area contributed by atoms with Crippen molar-refractivity contribution in [2.24, 2.45) is 0 Å². The van der Waals surface area contributed by atoms with E-state index in [9.17, 15) is 4.39 Å². The van der Waals surface area contributed by atoms with Crippen LogP contribution in [0, 0.1) is 11.6 Å². The lowest BCUT2D eigenvalue weighted by Crippen LogP contribution is -2.43. The highest BCUT2D eigenvalue weighted by molar-refractivity contribution is 5.85. The number of fused-ring (bicyclic) bond motifs is 3. The van der Waals surface area contributed by atoms with Gasteiger partial charge in [0.25, 0.3) is 0 Å². The van der Waals surface area contributed by atoms with Crippen molar-refractivity contribution in [1.82, 2.24) is 14.9 Å². The fourth-order valence-corrected chi connectivity index (χ4v) is 5.15. The van der Waals surface area contributed by atoms with Gasteiger partial charge in [0, 0.05) is 60.2 Å². The normalized spacial score (nSPS) is 16.2. The van der Waals surface area contributed by atoms with Crippen LogP contribution >= 0.6 is 0 Å². The average Bonchev–Trinajstić information content (AvgIpc) is 3.22. The fourth-order valence-electron chi connectivity index (χ4n) is 5.15. The molecule has 5 rings (SSSR count). The van der Waals surface area contributed by atoms with E-state index in [0.29, 0.717) is 30.8 Å². The first-order chi connectivity index (χ1) is 17.7. The highest BCUT2D eigenvalue weighted by atomic mass is 19.1. The van der Waals surface area contributed by atoms with Crippen LogP contribution in [0.15, 0.2) is 54.7 Å². The van der Waals surface area contributed by atoms with E-state index in [4.69, 9.17) is 9.84 Å². The van der Waals surface area contributed by atoms with E-state index < -0.39 is 23.3 Å². The van der Waals surface area contributed by atoms with E-state index in [1.165, 1.54) is 26.0 Å². The molecule has 3 heterocycles. The number of aliphatic hydroxyl groups is 1. The Hall–Kier alpha value is -3.36. The Labute approximate surface area is 213 Å². The molecule has 1 unspecified atom stereocenters. The Morgan fingerprint density at radius 1 is 1.14 bits per heavy atom. The number of nitrogens with one attached hydrogen (secondary N) is 1. The predicted octanol–water partition coefficient (Wildman–Crippen LogP) is 5.65. The topological polar surface area (TPSA) is 61.4 Å². The van der Waals surface area contributed by atoms with E-state index in [1.807, 2.05) is 30.3 Å². The van der Waals surface area contributed by atoms with Gasteiger partial charge < -0.3 is 14.8 Å². The van der Waals surface area contributed by atoms with Crippen molar-refractivity contribution >= 4 is 10.9 Å². The van der Waals surface area contributed by atoms with Crippen LogP contribution < -0.4 is 4.74 Å². The zero-order valence-corrected chi connectivity index (χ0v) is 20.9. The third-order valence-corrected chi connectivity index (χ3v) is 6.71. The molecule has 0 radical (unpaired) electrons. The maximum atomic E-state index is 15.6. The number of aromatic nitrogens is 2. The SMILES string of the molecule is CC(C)(F)CN1CCc2c([nH]c3ccccc23)C1c1c(F)cc(OCc2ccc(CCO)cn2)cc1F. The van der Waals surface area contributed by atoms with Crippen LogP contribution in [0.2, 0.25) is 0 Å². The Morgan fingerprint density at radius 2 is 1.89 bits per heavy atom. The van der Waals surface area contributed by atoms with Gasteiger partial charge in [-0.15, -0.1) is 0 Å². The summed E-state index contributed by atoms with van der Waals surface area (Å²) in [5, 5.41) is 10.0. The maximum Gasteiger partial charge on any atom is 0.135 e. The number of nitrogens with zero attached hydrogens (tertiary/aromatic N) is 2. The average molecular weight is 510 g/mol. The number of rotatable bonds is 8. The number of alkyl halides is 1. The number of halogens is 3. The first kappa shape index (κ1) is 25.3. The highest BCUT2D eigenvalue weighted by Crippen LogP contribution is 2.41. The molecule has 0 saturated heterocycles. The lowest BCUT2D eigenvalue weighted by atomic mass is 9.90. The fraction of sp³-hybridized carbons (Fsp3) is 0.345. The van der Waals surface area contributed by atoms with E-state index in [2.05, 4.69) is 9.97 Å². The minimum absolute atomic E-state index is 0.0293. The lowest BCUT2D eigenvalue weighted by molar-refractivity contribution is 0.0962. The minimum atomic E-state index is -1.54. The number of ether oxygens (including phenoxy) is 1. The van der Waals surface area contributed by atoms with Gasteiger partial charge in [0.2, 0.25) is 0 Å². The summed E-state index contributed by atoms with van der Waals surface area (Å²) >= 11 is 0. The Balaban J connectivity index is 1.47. The quantitative estimate of drug-likeness (QED) is 0.322. The van der Waals surface area contributed by atoms with Crippen molar-refractivity contribution in [1.29, 1.82) is 0 Å². The van der Waals surface area contributed by atoms with Crippen molar-refractivity contribution in [3.05, 3.63) is 94.4 Å². The molecule has 194 valence electrons. The van der Waals surface area contributed by atoms with Gasteiger partial charge in [-0.3, -0.25) is 9.88 Å². The third-order valence-electron chi connectivity index (χ3n) is 6.71. The third kappa shape index (κ3) is 5.36. The van der Waals surface area contributed by atoms with Crippen LogP contribution in [0.4, 0.5) is 13.2 Å². The lowest BCUT2D eigenvalue weighted by Gasteiger charge is -2.38. The number of aliphatic hydroxyl groups excluding tert-OH is 1. The zero-order valence-electron chi connectivity index (χ0n) is 20.9. The number of para-hydroxylation sites is 1. The van der Waals surface area contributed by atoms with E-state index in [0.717, 1.165) is 22.0 Å². The molecule has 1 aliphatic heterocycles. The van der Waals surface area contributed by atoms with Gasteiger partial charge in [-0.2, -0.15) is 0 Å². The molecule has 2 N–H and O–H groups in total. The van der Waals surface area contributed by atoms with Gasteiger partial charge in [-0.25, -0.2) is 13.2 Å². The second-order valence-electron chi connectivity index (χ2n) is 10.1. The second-order valence-corrected chi connectivity index (χ2v) is 10.1. The molecule has 5 nitrogen and oxygen atoms in total. The molecule has 2 aromatic carbocycles. The number of pyridine rings is 1. The van der Waals surface area contributed by atoms with Crippen LogP contribution in [-0.4, -0.2) is 45.3 Å². The Bertz CT molecular complexity index is 1370.